The van der Waals surface area contributed by atoms with Gasteiger partial charge in [0.05, 0.1) is 18.0 Å². The highest BCUT2D eigenvalue weighted by molar-refractivity contribution is 5.85. The molecule has 194 valence electrons. The summed E-state index contributed by atoms with van der Waals surface area (Å²) in [7, 11) is 1.65. The number of aromatic hydroxyl groups is 1. The number of aromatic nitrogens is 2. The van der Waals surface area contributed by atoms with Gasteiger partial charge in [-0.25, -0.2) is 4.98 Å². The van der Waals surface area contributed by atoms with E-state index in [1.165, 1.54) is 0 Å². The fourth-order valence-corrected chi connectivity index (χ4v) is 4.98. The number of methoxy groups -OCH3 is 1. The van der Waals surface area contributed by atoms with E-state index in [9.17, 15) is 9.90 Å². The van der Waals surface area contributed by atoms with Gasteiger partial charge in [-0.05, 0) is 72.2 Å². The number of phenols is 1. The zero-order valence-electron chi connectivity index (χ0n) is 22.4. The fourth-order valence-electron chi connectivity index (χ4n) is 4.98. The lowest BCUT2D eigenvalue weighted by molar-refractivity contribution is 0.316. The van der Waals surface area contributed by atoms with E-state index in [1.54, 1.807) is 19.2 Å². The first-order valence-corrected chi connectivity index (χ1v) is 13.4. The van der Waals surface area contributed by atoms with Gasteiger partial charge in [0.25, 0.3) is 5.56 Å². The molecule has 1 aromatic heterocycles. The van der Waals surface area contributed by atoms with Crippen molar-refractivity contribution in [2.75, 3.05) is 7.11 Å². The van der Waals surface area contributed by atoms with Gasteiger partial charge in [0, 0.05) is 12.1 Å². The minimum absolute atomic E-state index is 0.0194. The van der Waals surface area contributed by atoms with E-state index < -0.39 is 0 Å². The van der Waals surface area contributed by atoms with Crippen molar-refractivity contribution in [2.24, 2.45) is 11.8 Å². The summed E-state index contributed by atoms with van der Waals surface area (Å²) >= 11 is 0. The number of phenolic OH excluding ortho intramolecular Hbond substituents is 1. The number of hydrogen-bond donors (Lipinski definition) is 1. The molecule has 0 radical (unpaired) electrons. The van der Waals surface area contributed by atoms with E-state index >= 15 is 0 Å². The van der Waals surface area contributed by atoms with Gasteiger partial charge in [-0.15, -0.1) is 0 Å². The summed E-state index contributed by atoms with van der Waals surface area (Å²) in [4.78, 5) is 19.2. The highest BCUT2D eigenvalue weighted by Gasteiger charge is 2.19. The molecule has 37 heavy (non-hydrogen) atoms. The van der Waals surface area contributed by atoms with Crippen molar-refractivity contribution in [3.8, 4) is 34.0 Å². The van der Waals surface area contributed by atoms with Crippen LogP contribution in [0.4, 0.5) is 0 Å². The van der Waals surface area contributed by atoms with E-state index in [-0.39, 0.29) is 11.3 Å². The SMILES string of the molecule is CCCCC(CC(C)CC)Cn1c(-c2cccc(OC)c2)nc2ccc(-c3ccc(O)cc3)cc2c1=O. The largest absolute Gasteiger partial charge is 0.508 e. The van der Waals surface area contributed by atoms with Crippen LogP contribution in [-0.2, 0) is 6.54 Å². The maximum Gasteiger partial charge on any atom is 0.261 e. The number of ether oxygens (including phenoxy) is 1. The normalized spacial score (nSPS) is 13.0. The van der Waals surface area contributed by atoms with Crippen molar-refractivity contribution in [3.05, 3.63) is 77.1 Å². The molecule has 0 aliphatic rings. The zero-order chi connectivity index (χ0) is 26.4. The predicted octanol–water partition coefficient (Wildman–Crippen LogP) is 7.69. The molecule has 2 atom stereocenters. The smallest absolute Gasteiger partial charge is 0.261 e. The van der Waals surface area contributed by atoms with Crippen molar-refractivity contribution < 1.29 is 9.84 Å². The Kier molecular flexibility index (Phi) is 8.65. The van der Waals surface area contributed by atoms with Gasteiger partial charge < -0.3 is 9.84 Å². The monoisotopic (exact) mass is 498 g/mol. The second-order valence-electron chi connectivity index (χ2n) is 10.1. The van der Waals surface area contributed by atoms with E-state index in [1.807, 2.05) is 59.2 Å². The third kappa shape index (κ3) is 6.22. The molecule has 0 spiro atoms. The Morgan fingerprint density at radius 2 is 1.73 bits per heavy atom. The second-order valence-corrected chi connectivity index (χ2v) is 10.1. The molecule has 0 saturated carbocycles. The molecule has 4 aromatic rings. The van der Waals surface area contributed by atoms with Gasteiger partial charge in [-0.2, -0.15) is 0 Å². The van der Waals surface area contributed by atoms with E-state index in [4.69, 9.17) is 9.72 Å². The van der Waals surface area contributed by atoms with Crippen molar-refractivity contribution in [1.29, 1.82) is 0 Å². The van der Waals surface area contributed by atoms with Crippen molar-refractivity contribution in [2.45, 2.75) is 59.4 Å². The quantitative estimate of drug-likeness (QED) is 0.230. The molecular weight excluding hydrogens is 460 g/mol. The van der Waals surface area contributed by atoms with E-state index in [0.29, 0.717) is 35.1 Å². The molecule has 0 fully saturated rings. The van der Waals surface area contributed by atoms with Crippen LogP contribution in [0.3, 0.4) is 0 Å². The van der Waals surface area contributed by atoms with Crippen LogP contribution < -0.4 is 10.3 Å². The lowest BCUT2D eigenvalue weighted by Crippen LogP contribution is -2.28. The summed E-state index contributed by atoms with van der Waals surface area (Å²) in [5, 5.41) is 10.3. The summed E-state index contributed by atoms with van der Waals surface area (Å²) in [5.41, 5.74) is 3.40. The van der Waals surface area contributed by atoms with Gasteiger partial charge in [-0.1, -0.05) is 70.4 Å². The molecule has 4 rings (SSSR count). The Bertz CT molecular complexity index is 1390. The topological polar surface area (TPSA) is 64.3 Å². The Morgan fingerprint density at radius 1 is 0.973 bits per heavy atom. The standard InChI is InChI=1S/C32H38N2O3/c1-5-7-9-23(18-22(3)6-2)21-34-31(26-10-8-11-28(19-26)37-4)33-30-17-14-25(20-29(30)32(34)36)24-12-15-27(35)16-13-24/h8,10-17,19-20,22-23,35H,5-7,9,18,21H2,1-4H3. The average molecular weight is 499 g/mol. The van der Waals surface area contributed by atoms with Crippen molar-refractivity contribution in [1.82, 2.24) is 9.55 Å². The van der Waals surface area contributed by atoms with Crippen LogP contribution >= 0.6 is 0 Å². The summed E-state index contributed by atoms with van der Waals surface area (Å²) < 4.78 is 7.36. The minimum Gasteiger partial charge on any atom is -0.508 e. The fraction of sp³-hybridized carbons (Fsp3) is 0.375. The van der Waals surface area contributed by atoms with Crippen LogP contribution in [0.15, 0.2) is 71.5 Å². The van der Waals surface area contributed by atoms with Gasteiger partial charge in [0.15, 0.2) is 0 Å². The number of unbranched alkanes of at least 4 members (excludes halogenated alkanes) is 1. The molecule has 5 heteroatoms. The van der Waals surface area contributed by atoms with Gasteiger partial charge >= 0.3 is 0 Å². The predicted molar refractivity (Wildman–Crippen MR) is 152 cm³/mol. The first kappa shape index (κ1) is 26.5. The highest BCUT2D eigenvalue weighted by atomic mass is 16.5. The van der Waals surface area contributed by atoms with Crippen molar-refractivity contribution in [3.63, 3.8) is 0 Å². The number of fused-ring (bicyclic) bond motifs is 1. The molecule has 2 unspecified atom stereocenters. The third-order valence-electron chi connectivity index (χ3n) is 7.32. The van der Waals surface area contributed by atoms with Crippen molar-refractivity contribution >= 4 is 10.9 Å². The first-order chi connectivity index (χ1) is 17.9. The Morgan fingerprint density at radius 3 is 2.43 bits per heavy atom. The third-order valence-corrected chi connectivity index (χ3v) is 7.32. The molecule has 0 bridgehead atoms. The Balaban J connectivity index is 1.87. The molecule has 0 amide bonds. The highest BCUT2D eigenvalue weighted by Crippen LogP contribution is 2.29. The molecular formula is C32H38N2O3. The maximum absolute atomic E-state index is 14.1. The van der Waals surface area contributed by atoms with Crippen LogP contribution in [0.5, 0.6) is 11.5 Å². The summed E-state index contributed by atoms with van der Waals surface area (Å²) in [6.45, 7) is 7.39. The molecule has 1 N–H and O–H groups in total. The lowest BCUT2D eigenvalue weighted by Gasteiger charge is -2.23. The van der Waals surface area contributed by atoms with Gasteiger partial charge in [0.2, 0.25) is 0 Å². The summed E-state index contributed by atoms with van der Waals surface area (Å²) in [5.74, 6) is 2.64. The summed E-state index contributed by atoms with van der Waals surface area (Å²) in [6, 6.07) is 20.7. The van der Waals surface area contributed by atoms with E-state index in [0.717, 1.165) is 54.5 Å². The Labute approximate surface area is 219 Å². The second kappa shape index (κ2) is 12.1. The molecule has 0 aliphatic carbocycles. The first-order valence-electron chi connectivity index (χ1n) is 13.4. The maximum atomic E-state index is 14.1. The molecule has 3 aromatic carbocycles. The number of hydrogen-bond acceptors (Lipinski definition) is 4. The molecule has 0 saturated heterocycles. The zero-order valence-corrected chi connectivity index (χ0v) is 22.4. The van der Waals surface area contributed by atoms with Crippen LogP contribution in [-0.4, -0.2) is 21.8 Å². The molecule has 0 aliphatic heterocycles. The van der Waals surface area contributed by atoms with Crippen LogP contribution in [0.2, 0.25) is 0 Å². The minimum atomic E-state index is -0.0194. The van der Waals surface area contributed by atoms with E-state index in [2.05, 4.69) is 20.8 Å². The Hall–Kier alpha value is -3.60. The van der Waals surface area contributed by atoms with Crippen LogP contribution in [0, 0.1) is 11.8 Å². The average Bonchev–Trinajstić information content (AvgIpc) is 2.93. The number of nitrogens with zero attached hydrogens (tertiary/aromatic N) is 2. The summed E-state index contributed by atoms with van der Waals surface area (Å²) in [6.07, 6.45) is 5.60. The van der Waals surface area contributed by atoms with Gasteiger partial charge in [0.1, 0.15) is 17.3 Å². The molecule has 5 nitrogen and oxygen atoms in total. The lowest BCUT2D eigenvalue weighted by atomic mass is 9.90. The van der Waals surface area contributed by atoms with Crippen LogP contribution in [0.25, 0.3) is 33.4 Å². The number of benzene rings is 3. The van der Waals surface area contributed by atoms with Gasteiger partial charge in [-0.3, -0.25) is 9.36 Å². The molecule has 1 heterocycles. The number of rotatable bonds is 11. The van der Waals surface area contributed by atoms with Crippen LogP contribution in [0.1, 0.15) is 52.9 Å².